The average molecular weight is 186 g/mol. The van der Waals surface area contributed by atoms with Crippen LogP contribution in [-0.4, -0.2) is 17.1 Å². The lowest BCUT2D eigenvalue weighted by Crippen LogP contribution is -2.42. The number of hydrogen-bond acceptors (Lipinski definition) is 3. The van der Waals surface area contributed by atoms with Gasteiger partial charge in [0.15, 0.2) is 0 Å². The second-order valence-corrected chi connectivity index (χ2v) is 3.80. The number of carbonyl (C=O) groups is 1. The molecular formula is C9H18N2O2. The van der Waals surface area contributed by atoms with E-state index in [1.54, 1.807) is 0 Å². The normalized spacial score (nSPS) is 21.3. The maximum absolute atomic E-state index is 10.7. The van der Waals surface area contributed by atoms with E-state index in [2.05, 4.69) is 5.43 Å². The van der Waals surface area contributed by atoms with E-state index in [-0.39, 0.29) is 0 Å². The fraction of sp³-hybridized carbons (Fsp3) is 0.889. The summed E-state index contributed by atoms with van der Waals surface area (Å²) in [6.07, 6.45) is 6.76. The van der Waals surface area contributed by atoms with Crippen LogP contribution in [0.25, 0.3) is 0 Å². The largest absolute Gasteiger partial charge is 0.480 e. The SMILES string of the molecule is NN[C@@H](CC1CCCCC1)C(=O)O. The van der Waals surface area contributed by atoms with Crippen molar-refractivity contribution in [1.29, 1.82) is 0 Å². The second-order valence-electron chi connectivity index (χ2n) is 3.80. The highest BCUT2D eigenvalue weighted by Gasteiger charge is 2.22. The number of nitrogens with two attached hydrogens (primary N) is 1. The van der Waals surface area contributed by atoms with E-state index < -0.39 is 12.0 Å². The van der Waals surface area contributed by atoms with Gasteiger partial charge in [-0.25, -0.2) is 5.43 Å². The summed E-state index contributed by atoms with van der Waals surface area (Å²) in [6, 6.07) is -0.567. The Kier molecular flexibility index (Phi) is 4.18. The van der Waals surface area contributed by atoms with E-state index in [0.717, 1.165) is 12.8 Å². The first-order valence-corrected chi connectivity index (χ1v) is 4.93. The maximum atomic E-state index is 10.7. The predicted molar refractivity (Wildman–Crippen MR) is 49.9 cm³/mol. The van der Waals surface area contributed by atoms with Crippen LogP contribution in [0.2, 0.25) is 0 Å². The van der Waals surface area contributed by atoms with Crippen LogP contribution in [0.4, 0.5) is 0 Å². The standard InChI is InChI=1S/C9H18N2O2/c10-11-8(9(12)13)6-7-4-2-1-3-5-7/h7-8,11H,1-6,10H2,(H,12,13)/t8-/m0/s1. The molecule has 0 aliphatic heterocycles. The summed E-state index contributed by atoms with van der Waals surface area (Å²) < 4.78 is 0. The van der Waals surface area contributed by atoms with Gasteiger partial charge >= 0.3 is 5.97 Å². The monoisotopic (exact) mass is 186 g/mol. The number of aliphatic carboxylic acids is 1. The lowest BCUT2D eigenvalue weighted by atomic mass is 9.85. The van der Waals surface area contributed by atoms with Gasteiger partial charge in [-0.15, -0.1) is 0 Å². The molecule has 0 saturated heterocycles. The molecule has 1 aliphatic rings. The Labute approximate surface area is 78.5 Å². The van der Waals surface area contributed by atoms with Gasteiger partial charge in [0.25, 0.3) is 0 Å². The van der Waals surface area contributed by atoms with Gasteiger partial charge in [0.2, 0.25) is 0 Å². The topological polar surface area (TPSA) is 75.3 Å². The van der Waals surface area contributed by atoms with Crippen molar-refractivity contribution < 1.29 is 9.90 Å². The molecule has 4 heteroatoms. The molecule has 0 radical (unpaired) electrons. The van der Waals surface area contributed by atoms with Crippen molar-refractivity contribution in [3.63, 3.8) is 0 Å². The zero-order chi connectivity index (χ0) is 9.68. The molecule has 1 rings (SSSR count). The number of rotatable bonds is 4. The minimum atomic E-state index is -0.840. The molecule has 1 saturated carbocycles. The molecule has 0 aromatic carbocycles. The number of hydrazine groups is 1. The summed E-state index contributed by atoms with van der Waals surface area (Å²) in [4.78, 5) is 10.7. The Morgan fingerprint density at radius 3 is 2.54 bits per heavy atom. The van der Waals surface area contributed by atoms with Crippen LogP contribution < -0.4 is 11.3 Å². The van der Waals surface area contributed by atoms with E-state index in [1.165, 1.54) is 19.3 Å². The Hall–Kier alpha value is -0.610. The summed E-state index contributed by atoms with van der Waals surface area (Å²) in [6.45, 7) is 0. The van der Waals surface area contributed by atoms with Crippen LogP contribution in [0.5, 0.6) is 0 Å². The van der Waals surface area contributed by atoms with Gasteiger partial charge in [-0.3, -0.25) is 10.6 Å². The minimum absolute atomic E-state index is 0.547. The Morgan fingerprint density at radius 1 is 1.46 bits per heavy atom. The highest BCUT2D eigenvalue weighted by Crippen LogP contribution is 2.27. The fourth-order valence-corrected chi connectivity index (χ4v) is 2.00. The van der Waals surface area contributed by atoms with Crippen molar-refractivity contribution >= 4 is 5.97 Å². The smallest absolute Gasteiger partial charge is 0.322 e. The Bertz CT molecular complexity index is 167. The van der Waals surface area contributed by atoms with Crippen LogP contribution in [0.1, 0.15) is 38.5 Å². The van der Waals surface area contributed by atoms with Gasteiger partial charge in [0.1, 0.15) is 6.04 Å². The van der Waals surface area contributed by atoms with Crippen molar-refractivity contribution in [2.45, 2.75) is 44.6 Å². The van der Waals surface area contributed by atoms with Crippen molar-refractivity contribution in [3.05, 3.63) is 0 Å². The van der Waals surface area contributed by atoms with Gasteiger partial charge in [0.05, 0.1) is 0 Å². The Morgan fingerprint density at radius 2 is 2.08 bits per heavy atom. The minimum Gasteiger partial charge on any atom is -0.480 e. The number of carboxylic acid groups (broad SMARTS) is 1. The quantitative estimate of drug-likeness (QED) is 0.450. The molecule has 76 valence electrons. The van der Waals surface area contributed by atoms with Crippen LogP contribution in [-0.2, 0) is 4.79 Å². The van der Waals surface area contributed by atoms with E-state index >= 15 is 0 Å². The van der Waals surface area contributed by atoms with Crippen LogP contribution >= 0.6 is 0 Å². The third-order valence-electron chi connectivity index (χ3n) is 2.79. The molecule has 0 aromatic rings. The van der Waals surface area contributed by atoms with Gasteiger partial charge in [-0.1, -0.05) is 32.1 Å². The third-order valence-corrected chi connectivity index (χ3v) is 2.79. The third kappa shape index (κ3) is 3.32. The molecule has 0 aromatic heterocycles. The summed E-state index contributed by atoms with van der Waals surface area (Å²) in [7, 11) is 0. The highest BCUT2D eigenvalue weighted by atomic mass is 16.4. The molecule has 4 N–H and O–H groups in total. The molecule has 1 aliphatic carbocycles. The fourth-order valence-electron chi connectivity index (χ4n) is 2.00. The molecule has 0 unspecified atom stereocenters. The number of nitrogens with one attached hydrogen (secondary N) is 1. The molecule has 0 spiro atoms. The first-order chi connectivity index (χ1) is 6.24. The molecular weight excluding hydrogens is 168 g/mol. The summed E-state index contributed by atoms with van der Waals surface area (Å²) in [5.41, 5.74) is 2.35. The summed E-state index contributed by atoms with van der Waals surface area (Å²) in [5, 5.41) is 8.76. The first kappa shape index (κ1) is 10.5. The lowest BCUT2D eigenvalue weighted by molar-refractivity contribution is -0.140. The van der Waals surface area contributed by atoms with Crippen LogP contribution in [0.3, 0.4) is 0 Å². The summed E-state index contributed by atoms with van der Waals surface area (Å²) >= 11 is 0. The average Bonchev–Trinajstić information content (AvgIpc) is 2.15. The Balaban J connectivity index is 2.31. The van der Waals surface area contributed by atoms with E-state index in [0.29, 0.717) is 12.3 Å². The number of carboxylic acids is 1. The van der Waals surface area contributed by atoms with Crippen molar-refractivity contribution in [2.24, 2.45) is 11.8 Å². The molecule has 0 amide bonds. The van der Waals surface area contributed by atoms with E-state index in [9.17, 15) is 4.79 Å². The summed E-state index contributed by atoms with van der Waals surface area (Å²) in [5.74, 6) is 4.87. The molecule has 1 atom stereocenters. The zero-order valence-electron chi connectivity index (χ0n) is 7.83. The van der Waals surface area contributed by atoms with Gasteiger partial charge in [-0.2, -0.15) is 0 Å². The zero-order valence-corrected chi connectivity index (χ0v) is 7.83. The number of hydrogen-bond donors (Lipinski definition) is 3. The van der Waals surface area contributed by atoms with Crippen molar-refractivity contribution in [2.75, 3.05) is 0 Å². The molecule has 13 heavy (non-hydrogen) atoms. The van der Waals surface area contributed by atoms with Crippen molar-refractivity contribution in [1.82, 2.24) is 5.43 Å². The van der Waals surface area contributed by atoms with Crippen molar-refractivity contribution in [3.8, 4) is 0 Å². The van der Waals surface area contributed by atoms with Crippen LogP contribution in [0, 0.1) is 5.92 Å². The van der Waals surface area contributed by atoms with Gasteiger partial charge < -0.3 is 5.11 Å². The van der Waals surface area contributed by atoms with Gasteiger partial charge in [0, 0.05) is 0 Å². The molecule has 1 fully saturated rings. The van der Waals surface area contributed by atoms with E-state index in [4.69, 9.17) is 10.9 Å². The first-order valence-electron chi connectivity index (χ1n) is 4.93. The lowest BCUT2D eigenvalue weighted by Gasteiger charge is -2.23. The maximum Gasteiger partial charge on any atom is 0.322 e. The highest BCUT2D eigenvalue weighted by molar-refractivity contribution is 5.73. The predicted octanol–water partition coefficient (Wildman–Crippen LogP) is 0.873. The van der Waals surface area contributed by atoms with E-state index in [1.807, 2.05) is 0 Å². The van der Waals surface area contributed by atoms with Gasteiger partial charge in [-0.05, 0) is 12.3 Å². The second kappa shape index (κ2) is 5.19. The molecule has 4 nitrogen and oxygen atoms in total. The van der Waals surface area contributed by atoms with Crippen LogP contribution in [0.15, 0.2) is 0 Å². The molecule has 0 bridgehead atoms. The molecule has 0 heterocycles.